The third kappa shape index (κ3) is 4.05. The summed E-state index contributed by atoms with van der Waals surface area (Å²) in [5, 5.41) is 7.75. The maximum Gasteiger partial charge on any atom is 0.220 e. The van der Waals surface area contributed by atoms with Gasteiger partial charge in [0.1, 0.15) is 12.4 Å². The highest BCUT2D eigenvalue weighted by Gasteiger charge is 2.31. The summed E-state index contributed by atoms with van der Waals surface area (Å²) in [6, 6.07) is 8.72. The number of hydrogen-bond acceptors (Lipinski definition) is 7. The molecule has 1 aliphatic heterocycles. The van der Waals surface area contributed by atoms with Crippen molar-refractivity contribution < 1.29 is 9.23 Å². The van der Waals surface area contributed by atoms with E-state index in [-0.39, 0.29) is 17.7 Å². The first kappa shape index (κ1) is 20.5. The normalized spacial score (nSPS) is 19.4. The summed E-state index contributed by atoms with van der Waals surface area (Å²) in [4.78, 5) is 18.8. The Kier molecular flexibility index (Phi) is 5.53. The van der Waals surface area contributed by atoms with Gasteiger partial charge in [-0.15, -0.1) is 0 Å². The summed E-state index contributed by atoms with van der Waals surface area (Å²) >= 11 is 0. The number of rotatable bonds is 5. The van der Waals surface area contributed by atoms with Crippen LogP contribution < -0.4 is 11.1 Å². The predicted octanol–water partition coefficient (Wildman–Crippen LogP) is 3.24. The molecule has 2 aromatic heterocycles. The predicted molar refractivity (Wildman–Crippen MR) is 121 cm³/mol. The van der Waals surface area contributed by atoms with Gasteiger partial charge < -0.3 is 15.9 Å². The molecule has 1 saturated heterocycles. The van der Waals surface area contributed by atoms with E-state index in [0.29, 0.717) is 25.4 Å². The zero-order valence-corrected chi connectivity index (χ0v) is 17.9. The van der Waals surface area contributed by atoms with Crippen LogP contribution in [0.15, 0.2) is 47.9 Å². The fourth-order valence-electron chi connectivity index (χ4n) is 4.47. The number of nitrogen functional groups attached to an aromatic ring is 1. The van der Waals surface area contributed by atoms with Gasteiger partial charge in [0, 0.05) is 48.9 Å². The van der Waals surface area contributed by atoms with Gasteiger partial charge in [0.05, 0.1) is 17.1 Å². The maximum atomic E-state index is 14.2. The molecule has 3 heterocycles. The molecule has 1 fully saturated rings. The van der Waals surface area contributed by atoms with Crippen LogP contribution in [0.1, 0.15) is 34.9 Å². The van der Waals surface area contributed by atoms with Crippen LogP contribution in [0.25, 0.3) is 11.1 Å². The molecule has 164 valence electrons. The number of aryl methyl sites for hydroxylation is 1. The van der Waals surface area contributed by atoms with Gasteiger partial charge in [-0.25, -0.2) is 14.4 Å². The minimum Gasteiger partial charge on any atom is -0.395 e. The third-order valence-corrected chi connectivity index (χ3v) is 6.13. The van der Waals surface area contributed by atoms with Crippen LogP contribution in [-0.2, 0) is 11.3 Å². The van der Waals surface area contributed by atoms with Crippen LogP contribution in [0.5, 0.6) is 0 Å². The molecule has 1 aliphatic carbocycles. The minimum absolute atomic E-state index is 0.0414. The first-order chi connectivity index (χ1) is 15.6. The van der Waals surface area contributed by atoms with E-state index in [4.69, 9.17) is 10.6 Å². The SMILES string of the molecule is Cc1nc(N)nc2c1C(=NOCC1CNC1)CC(c1ccc(F)cc1-c1cccnc1)C2. The molecular formula is C24H25FN6O. The Morgan fingerprint density at radius 2 is 2.09 bits per heavy atom. The summed E-state index contributed by atoms with van der Waals surface area (Å²) in [7, 11) is 0. The molecule has 8 heteroatoms. The third-order valence-electron chi connectivity index (χ3n) is 6.13. The van der Waals surface area contributed by atoms with Crippen LogP contribution >= 0.6 is 0 Å². The molecule has 3 N–H and O–H groups in total. The van der Waals surface area contributed by atoms with Gasteiger partial charge in [0.25, 0.3) is 0 Å². The van der Waals surface area contributed by atoms with Crippen molar-refractivity contribution in [2.75, 3.05) is 25.4 Å². The lowest BCUT2D eigenvalue weighted by Gasteiger charge is -2.29. The number of aromatic nitrogens is 3. The molecule has 0 bridgehead atoms. The first-order valence-corrected chi connectivity index (χ1v) is 10.8. The lowest BCUT2D eigenvalue weighted by Crippen LogP contribution is -2.44. The monoisotopic (exact) mass is 432 g/mol. The number of benzene rings is 1. The van der Waals surface area contributed by atoms with E-state index in [9.17, 15) is 4.39 Å². The molecule has 32 heavy (non-hydrogen) atoms. The molecular weight excluding hydrogens is 407 g/mol. The number of nitrogens with zero attached hydrogens (tertiary/aromatic N) is 4. The topological polar surface area (TPSA) is 98.3 Å². The van der Waals surface area contributed by atoms with Crippen molar-refractivity contribution >= 4 is 11.7 Å². The molecule has 1 atom stereocenters. The van der Waals surface area contributed by atoms with Gasteiger partial charge in [-0.3, -0.25) is 4.98 Å². The zero-order chi connectivity index (χ0) is 22.1. The van der Waals surface area contributed by atoms with Crippen molar-refractivity contribution in [3.05, 3.63) is 71.1 Å². The number of halogens is 1. The van der Waals surface area contributed by atoms with Crippen LogP contribution in [0.2, 0.25) is 0 Å². The molecule has 3 aromatic rings. The Hall–Kier alpha value is -3.39. The van der Waals surface area contributed by atoms with Gasteiger partial charge >= 0.3 is 0 Å². The number of fused-ring (bicyclic) bond motifs is 1. The summed E-state index contributed by atoms with van der Waals surface area (Å²) in [6.45, 7) is 4.39. The highest BCUT2D eigenvalue weighted by Crippen LogP contribution is 2.38. The van der Waals surface area contributed by atoms with Crippen molar-refractivity contribution in [2.45, 2.75) is 25.7 Å². The van der Waals surface area contributed by atoms with E-state index in [0.717, 1.165) is 52.4 Å². The highest BCUT2D eigenvalue weighted by atomic mass is 19.1. The minimum atomic E-state index is -0.280. The van der Waals surface area contributed by atoms with E-state index in [1.54, 1.807) is 18.5 Å². The lowest BCUT2D eigenvalue weighted by molar-refractivity contribution is 0.0855. The molecule has 0 spiro atoms. The average molecular weight is 433 g/mol. The van der Waals surface area contributed by atoms with Crippen LogP contribution in [-0.4, -0.2) is 40.4 Å². The molecule has 1 aromatic carbocycles. The van der Waals surface area contributed by atoms with E-state index >= 15 is 0 Å². The molecule has 0 amide bonds. The molecule has 0 radical (unpaired) electrons. The molecule has 1 unspecified atom stereocenters. The Morgan fingerprint density at radius 3 is 2.84 bits per heavy atom. The van der Waals surface area contributed by atoms with Crippen molar-refractivity contribution in [1.82, 2.24) is 20.3 Å². The number of nitrogens with two attached hydrogens (primary N) is 1. The second kappa shape index (κ2) is 8.63. The average Bonchev–Trinajstić information content (AvgIpc) is 2.75. The van der Waals surface area contributed by atoms with Crippen molar-refractivity contribution in [2.24, 2.45) is 11.1 Å². The maximum absolute atomic E-state index is 14.2. The van der Waals surface area contributed by atoms with Crippen molar-refractivity contribution in [3.63, 3.8) is 0 Å². The summed E-state index contributed by atoms with van der Waals surface area (Å²) in [5.74, 6) is 0.489. The van der Waals surface area contributed by atoms with E-state index in [2.05, 4.69) is 25.4 Å². The first-order valence-electron chi connectivity index (χ1n) is 10.8. The zero-order valence-electron chi connectivity index (χ0n) is 17.9. The van der Waals surface area contributed by atoms with Gasteiger partial charge in [-0.05, 0) is 48.6 Å². The van der Waals surface area contributed by atoms with E-state index in [1.807, 2.05) is 25.1 Å². The van der Waals surface area contributed by atoms with Gasteiger partial charge in [-0.1, -0.05) is 17.3 Å². The molecule has 5 rings (SSSR count). The van der Waals surface area contributed by atoms with Crippen LogP contribution in [0.4, 0.5) is 10.3 Å². The van der Waals surface area contributed by atoms with Crippen molar-refractivity contribution in [1.29, 1.82) is 0 Å². The number of anilines is 1. The van der Waals surface area contributed by atoms with Crippen LogP contribution in [0, 0.1) is 18.7 Å². The summed E-state index contributed by atoms with van der Waals surface area (Å²) in [6.07, 6.45) is 4.77. The fourth-order valence-corrected chi connectivity index (χ4v) is 4.47. The Morgan fingerprint density at radius 1 is 1.22 bits per heavy atom. The van der Waals surface area contributed by atoms with Crippen molar-refractivity contribution in [3.8, 4) is 11.1 Å². The quantitative estimate of drug-likeness (QED) is 0.601. The summed E-state index contributed by atoms with van der Waals surface area (Å²) < 4.78 is 14.2. The lowest BCUT2D eigenvalue weighted by atomic mass is 9.78. The molecule has 2 aliphatic rings. The second-order valence-corrected chi connectivity index (χ2v) is 8.43. The van der Waals surface area contributed by atoms with Crippen LogP contribution in [0.3, 0.4) is 0 Å². The number of nitrogens with one attached hydrogen (secondary N) is 1. The molecule has 0 saturated carbocycles. The largest absolute Gasteiger partial charge is 0.395 e. The fraction of sp³-hybridized carbons (Fsp3) is 0.333. The second-order valence-electron chi connectivity index (χ2n) is 8.43. The number of hydrogen-bond donors (Lipinski definition) is 2. The highest BCUT2D eigenvalue weighted by molar-refractivity contribution is 6.03. The standard InChI is InChI=1S/C24H25FN6O/c1-14-23-21(30-24(26)29-14)7-17(8-22(23)31-32-13-15-10-28-11-15)19-5-4-18(25)9-20(19)16-3-2-6-27-12-16/h2-6,9,12,15,17,28H,7-8,10-11,13H2,1H3,(H2,26,29,30). The Balaban J connectivity index is 1.54. The number of oxime groups is 1. The van der Waals surface area contributed by atoms with E-state index in [1.165, 1.54) is 6.07 Å². The smallest absolute Gasteiger partial charge is 0.220 e. The van der Waals surface area contributed by atoms with Gasteiger partial charge in [0.2, 0.25) is 5.95 Å². The van der Waals surface area contributed by atoms with E-state index < -0.39 is 0 Å². The molecule has 7 nitrogen and oxygen atoms in total. The number of pyridine rings is 1. The Labute approximate surface area is 185 Å². The van der Waals surface area contributed by atoms with Gasteiger partial charge in [-0.2, -0.15) is 0 Å². The van der Waals surface area contributed by atoms with Gasteiger partial charge in [0.15, 0.2) is 0 Å². The summed E-state index contributed by atoms with van der Waals surface area (Å²) in [5.41, 5.74) is 12.0. The Bertz CT molecular complexity index is 1160.